The first kappa shape index (κ1) is 16.7. The van der Waals surface area contributed by atoms with Crippen LogP contribution in [0.25, 0.3) is 0 Å². The molecule has 1 N–H and O–H groups in total. The lowest BCUT2D eigenvalue weighted by atomic mass is 10.1. The van der Waals surface area contributed by atoms with Crippen LogP contribution in [-0.2, 0) is 14.8 Å². The summed E-state index contributed by atoms with van der Waals surface area (Å²) in [5.41, 5.74) is -1.59. The van der Waals surface area contributed by atoms with Gasteiger partial charge in [-0.3, -0.25) is 4.79 Å². The number of hydrogen-bond acceptors (Lipinski definition) is 4. The van der Waals surface area contributed by atoms with Crippen LogP contribution in [0.2, 0.25) is 5.02 Å². The molecule has 0 radical (unpaired) electrons. The van der Waals surface area contributed by atoms with Crippen LogP contribution in [0.4, 0.5) is 0 Å². The lowest BCUT2D eigenvalue weighted by Crippen LogP contribution is -2.50. The van der Waals surface area contributed by atoms with E-state index in [4.69, 9.17) is 21.4 Å². The summed E-state index contributed by atoms with van der Waals surface area (Å²) in [5.74, 6) is -1.19. The van der Waals surface area contributed by atoms with Crippen LogP contribution >= 0.6 is 11.6 Å². The molecular weight excluding hydrogens is 306 g/mol. The highest BCUT2D eigenvalue weighted by Crippen LogP contribution is 2.31. The van der Waals surface area contributed by atoms with Gasteiger partial charge in [-0.2, -0.15) is 4.31 Å². The first-order chi connectivity index (χ1) is 9.05. The maximum absolute atomic E-state index is 12.5. The molecule has 1 rings (SSSR count). The predicted octanol–water partition coefficient (Wildman–Crippen LogP) is 1.83. The number of benzene rings is 1. The predicted molar refractivity (Wildman–Crippen MR) is 74.7 cm³/mol. The van der Waals surface area contributed by atoms with E-state index in [2.05, 4.69) is 0 Å². The number of halogens is 1. The van der Waals surface area contributed by atoms with E-state index >= 15 is 0 Å². The summed E-state index contributed by atoms with van der Waals surface area (Å²) in [6.45, 7) is 2.60. The molecule has 0 heterocycles. The van der Waals surface area contributed by atoms with Gasteiger partial charge < -0.3 is 9.84 Å². The van der Waals surface area contributed by atoms with Gasteiger partial charge in [-0.15, -0.1) is 0 Å². The minimum atomic E-state index is -4.03. The number of carbonyl (C=O) groups is 1. The lowest BCUT2D eigenvalue weighted by Gasteiger charge is -2.30. The van der Waals surface area contributed by atoms with Crippen molar-refractivity contribution in [1.29, 1.82) is 0 Å². The molecule has 8 heteroatoms. The quantitative estimate of drug-likeness (QED) is 0.894. The van der Waals surface area contributed by atoms with Crippen LogP contribution < -0.4 is 4.74 Å². The number of ether oxygens (including phenoxy) is 1. The van der Waals surface area contributed by atoms with Crippen molar-refractivity contribution in [3.8, 4) is 5.75 Å². The Morgan fingerprint density at radius 3 is 2.40 bits per heavy atom. The lowest BCUT2D eigenvalue weighted by molar-refractivity contribution is -0.145. The summed E-state index contributed by atoms with van der Waals surface area (Å²) in [6, 6.07) is 4.04. The summed E-state index contributed by atoms with van der Waals surface area (Å²) in [7, 11) is -1.51. The molecule has 0 bridgehead atoms. The van der Waals surface area contributed by atoms with E-state index in [1.165, 1.54) is 46.2 Å². The number of aliphatic carboxylic acids is 1. The smallest absolute Gasteiger partial charge is 0.324 e. The molecule has 0 aliphatic carbocycles. The van der Waals surface area contributed by atoms with Crippen LogP contribution in [0.5, 0.6) is 5.75 Å². The first-order valence-electron chi connectivity index (χ1n) is 5.61. The average molecular weight is 322 g/mol. The Labute approximate surface area is 123 Å². The molecule has 6 nitrogen and oxygen atoms in total. The fraction of sp³-hybridized carbons (Fsp3) is 0.417. The molecular formula is C12H16ClNO5S. The Hall–Kier alpha value is -1.31. The van der Waals surface area contributed by atoms with E-state index in [-0.39, 0.29) is 10.6 Å². The normalized spacial score (nSPS) is 12.5. The van der Waals surface area contributed by atoms with Gasteiger partial charge in [0, 0.05) is 18.1 Å². The maximum atomic E-state index is 12.5. The summed E-state index contributed by atoms with van der Waals surface area (Å²) >= 11 is 5.78. The number of rotatable bonds is 5. The molecule has 0 fully saturated rings. The third-order valence-electron chi connectivity index (χ3n) is 3.07. The molecule has 1 aromatic rings. The molecule has 0 atom stereocenters. The van der Waals surface area contributed by atoms with Crippen LogP contribution in [0.15, 0.2) is 23.1 Å². The zero-order chi connectivity index (χ0) is 15.7. The van der Waals surface area contributed by atoms with Crippen LogP contribution in [0.1, 0.15) is 13.8 Å². The van der Waals surface area contributed by atoms with E-state index in [0.717, 1.165) is 4.31 Å². The van der Waals surface area contributed by atoms with Gasteiger partial charge in [0.15, 0.2) is 0 Å². The molecule has 1 aromatic carbocycles. The van der Waals surface area contributed by atoms with Crippen LogP contribution in [0, 0.1) is 0 Å². The number of methoxy groups -OCH3 is 1. The molecule has 0 aromatic heterocycles. The Morgan fingerprint density at radius 2 is 1.95 bits per heavy atom. The second-order valence-electron chi connectivity index (χ2n) is 4.63. The van der Waals surface area contributed by atoms with Crippen molar-refractivity contribution in [2.24, 2.45) is 0 Å². The average Bonchev–Trinajstić information content (AvgIpc) is 2.36. The number of hydrogen-bond donors (Lipinski definition) is 1. The van der Waals surface area contributed by atoms with Gasteiger partial charge in [-0.05, 0) is 26.0 Å². The minimum Gasteiger partial charge on any atom is -0.495 e. The van der Waals surface area contributed by atoms with Crippen molar-refractivity contribution in [3.05, 3.63) is 23.2 Å². The molecule has 0 saturated carbocycles. The van der Waals surface area contributed by atoms with E-state index in [0.29, 0.717) is 5.02 Å². The molecule has 0 aliphatic heterocycles. The standard InChI is InChI=1S/C12H16ClNO5S/c1-12(2,11(15)16)14(3)20(17,18)10-6-5-8(13)7-9(10)19-4/h5-7H,1-4H3,(H,15,16). The van der Waals surface area contributed by atoms with Crippen LogP contribution in [-0.4, -0.2) is 43.5 Å². The molecule has 0 aliphatic rings. The summed E-state index contributed by atoms with van der Waals surface area (Å²) in [5, 5.41) is 9.45. The van der Waals surface area contributed by atoms with Gasteiger partial charge in [0.25, 0.3) is 0 Å². The van der Waals surface area contributed by atoms with E-state index in [9.17, 15) is 13.2 Å². The minimum absolute atomic E-state index is 0.0607. The van der Waals surface area contributed by atoms with Crippen molar-refractivity contribution in [2.75, 3.05) is 14.2 Å². The Morgan fingerprint density at radius 1 is 1.40 bits per heavy atom. The zero-order valence-corrected chi connectivity index (χ0v) is 13.1. The number of carboxylic acids is 1. The third kappa shape index (κ3) is 2.89. The van der Waals surface area contributed by atoms with Gasteiger partial charge in [-0.25, -0.2) is 8.42 Å². The second kappa shape index (κ2) is 5.59. The van der Waals surface area contributed by atoms with E-state index < -0.39 is 21.5 Å². The van der Waals surface area contributed by atoms with Crippen molar-refractivity contribution in [3.63, 3.8) is 0 Å². The third-order valence-corrected chi connectivity index (χ3v) is 5.38. The van der Waals surface area contributed by atoms with Crippen molar-refractivity contribution in [2.45, 2.75) is 24.3 Å². The molecule has 0 saturated heterocycles. The van der Waals surface area contributed by atoms with Crippen molar-refractivity contribution in [1.82, 2.24) is 4.31 Å². The number of likely N-dealkylation sites (N-methyl/N-ethyl adjacent to an activating group) is 1. The maximum Gasteiger partial charge on any atom is 0.324 e. The second-order valence-corrected chi connectivity index (χ2v) is 7.01. The molecule has 112 valence electrons. The number of carboxylic acid groups (broad SMARTS) is 1. The highest BCUT2D eigenvalue weighted by molar-refractivity contribution is 7.89. The largest absolute Gasteiger partial charge is 0.495 e. The van der Waals surface area contributed by atoms with Gasteiger partial charge >= 0.3 is 5.97 Å². The fourth-order valence-electron chi connectivity index (χ4n) is 1.44. The zero-order valence-electron chi connectivity index (χ0n) is 11.5. The number of sulfonamides is 1. The first-order valence-corrected chi connectivity index (χ1v) is 7.43. The van der Waals surface area contributed by atoms with Gasteiger partial charge in [0.05, 0.1) is 7.11 Å². The Balaban J connectivity index is 3.41. The van der Waals surface area contributed by atoms with Gasteiger partial charge in [-0.1, -0.05) is 11.6 Å². The highest BCUT2D eigenvalue weighted by Gasteiger charge is 2.41. The molecule has 0 spiro atoms. The number of nitrogens with zero attached hydrogens (tertiary/aromatic N) is 1. The monoisotopic (exact) mass is 321 g/mol. The summed E-state index contributed by atoms with van der Waals surface area (Å²) in [6.07, 6.45) is 0. The van der Waals surface area contributed by atoms with Crippen molar-refractivity contribution < 1.29 is 23.1 Å². The van der Waals surface area contributed by atoms with E-state index in [1.807, 2.05) is 0 Å². The van der Waals surface area contributed by atoms with Crippen molar-refractivity contribution >= 4 is 27.6 Å². The van der Waals surface area contributed by atoms with E-state index in [1.54, 1.807) is 0 Å². The molecule has 0 unspecified atom stereocenters. The Kier molecular flexibility index (Phi) is 4.68. The van der Waals surface area contributed by atoms with Gasteiger partial charge in [0.1, 0.15) is 16.2 Å². The molecule has 0 amide bonds. The SMILES string of the molecule is COc1cc(Cl)ccc1S(=O)(=O)N(C)C(C)(C)C(=O)O. The summed E-state index contributed by atoms with van der Waals surface area (Å²) in [4.78, 5) is 11.1. The topological polar surface area (TPSA) is 83.9 Å². The van der Waals surface area contributed by atoms with Crippen LogP contribution in [0.3, 0.4) is 0 Å². The molecule has 20 heavy (non-hydrogen) atoms. The Bertz CT molecular complexity index is 627. The highest BCUT2D eigenvalue weighted by atomic mass is 35.5. The van der Waals surface area contributed by atoms with Gasteiger partial charge in [0.2, 0.25) is 10.0 Å². The summed E-state index contributed by atoms with van der Waals surface area (Å²) < 4.78 is 30.8. The fourth-order valence-corrected chi connectivity index (χ4v) is 3.21.